The number of fused-ring (bicyclic) bond motifs is 1. The number of aromatic nitrogens is 4. The van der Waals surface area contributed by atoms with Crippen molar-refractivity contribution >= 4 is 11.8 Å². The van der Waals surface area contributed by atoms with Crippen LogP contribution in [0.25, 0.3) is 0 Å². The molecule has 0 spiro atoms. The Kier molecular flexibility index (Phi) is 5.19. The molecule has 2 aromatic rings. The quantitative estimate of drug-likeness (QED) is 0.759. The molecule has 0 aromatic carbocycles. The van der Waals surface area contributed by atoms with Crippen molar-refractivity contribution in [3.63, 3.8) is 0 Å². The third kappa shape index (κ3) is 3.95. The van der Waals surface area contributed by atoms with Crippen molar-refractivity contribution in [2.45, 2.75) is 51.5 Å². The molecule has 1 fully saturated rings. The Balaban J connectivity index is 1.26. The minimum atomic E-state index is -0.150. The van der Waals surface area contributed by atoms with Gasteiger partial charge < -0.3 is 15.2 Å². The summed E-state index contributed by atoms with van der Waals surface area (Å²) < 4.78 is 3.73. The van der Waals surface area contributed by atoms with Crippen LogP contribution < -0.4 is 10.6 Å². The lowest BCUT2D eigenvalue weighted by Crippen LogP contribution is -2.36. The molecule has 2 N–H and O–H groups in total. The van der Waals surface area contributed by atoms with E-state index < -0.39 is 0 Å². The van der Waals surface area contributed by atoms with Gasteiger partial charge in [0.2, 0.25) is 0 Å². The fourth-order valence-corrected chi connectivity index (χ4v) is 3.73. The lowest BCUT2D eigenvalue weighted by molar-refractivity contribution is 0.0933. The largest absolute Gasteiger partial charge is 0.350 e. The number of hydrogen-bond donors (Lipinski definition) is 2. The maximum absolute atomic E-state index is 12.6. The zero-order valence-corrected chi connectivity index (χ0v) is 16.6. The number of amides is 2. The molecule has 0 saturated heterocycles. The fraction of sp³-hybridized carbons (Fsp3) is 0.600. The van der Waals surface area contributed by atoms with Gasteiger partial charge in [-0.1, -0.05) is 6.92 Å². The van der Waals surface area contributed by atoms with Gasteiger partial charge >= 0.3 is 0 Å². The van der Waals surface area contributed by atoms with Crippen molar-refractivity contribution in [3.05, 3.63) is 35.2 Å². The van der Waals surface area contributed by atoms with Crippen molar-refractivity contribution in [2.24, 2.45) is 13.0 Å². The molecule has 1 aliphatic heterocycles. The molecule has 8 nitrogen and oxygen atoms in total. The highest BCUT2D eigenvalue weighted by Gasteiger charge is 2.30. The van der Waals surface area contributed by atoms with Crippen molar-refractivity contribution < 1.29 is 9.59 Å². The van der Waals surface area contributed by atoms with Crippen molar-refractivity contribution in [1.29, 1.82) is 0 Å². The molecule has 28 heavy (non-hydrogen) atoms. The summed E-state index contributed by atoms with van der Waals surface area (Å²) in [5, 5.41) is 10.2. The molecule has 0 radical (unpaired) electrons. The van der Waals surface area contributed by atoms with Gasteiger partial charge in [-0.15, -0.1) is 0 Å². The number of aryl methyl sites for hydroxylation is 3. The summed E-state index contributed by atoms with van der Waals surface area (Å²) in [7, 11) is 1.80. The third-order valence-corrected chi connectivity index (χ3v) is 5.56. The number of hydrogen-bond acceptors (Lipinski definition) is 4. The van der Waals surface area contributed by atoms with Crippen LogP contribution in [0, 0.1) is 5.92 Å². The number of carbonyl (C=O) groups excluding carboxylic acids is 2. The van der Waals surface area contributed by atoms with E-state index in [1.807, 2.05) is 13.1 Å². The molecule has 3 heterocycles. The van der Waals surface area contributed by atoms with Gasteiger partial charge in [-0.25, -0.2) is 4.98 Å². The molecule has 2 aromatic heterocycles. The van der Waals surface area contributed by atoms with Gasteiger partial charge in [-0.05, 0) is 37.5 Å². The summed E-state index contributed by atoms with van der Waals surface area (Å²) in [6.07, 6.45) is 9.12. The Labute approximate surface area is 164 Å². The summed E-state index contributed by atoms with van der Waals surface area (Å²) in [6.45, 7) is 3.93. The summed E-state index contributed by atoms with van der Waals surface area (Å²) >= 11 is 0. The lowest BCUT2D eigenvalue weighted by atomic mass is 10.1. The van der Waals surface area contributed by atoms with E-state index in [2.05, 4.69) is 25.3 Å². The lowest BCUT2D eigenvalue weighted by Gasteiger charge is -2.14. The van der Waals surface area contributed by atoms with Crippen molar-refractivity contribution in [3.8, 4) is 0 Å². The zero-order valence-electron chi connectivity index (χ0n) is 16.6. The molecule has 1 unspecified atom stereocenters. The SMILES string of the molecule is CC(CNC(=O)c1cn2c(n1)CCCC2)CNC(=O)c1c(C2CC2)cnn1C. The zero-order chi connectivity index (χ0) is 19.7. The Morgan fingerprint density at radius 1 is 1.21 bits per heavy atom. The van der Waals surface area contributed by atoms with Crippen molar-refractivity contribution in [1.82, 2.24) is 30.0 Å². The highest BCUT2D eigenvalue weighted by Crippen LogP contribution is 2.41. The molecule has 2 amide bonds. The van der Waals surface area contributed by atoms with Crippen LogP contribution in [0.3, 0.4) is 0 Å². The Morgan fingerprint density at radius 2 is 1.96 bits per heavy atom. The summed E-state index contributed by atoms with van der Waals surface area (Å²) in [6, 6.07) is 0. The van der Waals surface area contributed by atoms with Crippen LogP contribution in [0.5, 0.6) is 0 Å². The van der Waals surface area contributed by atoms with E-state index in [1.165, 1.54) is 0 Å². The van der Waals surface area contributed by atoms with Gasteiger partial charge in [0.25, 0.3) is 11.8 Å². The molecular weight excluding hydrogens is 356 g/mol. The van der Waals surface area contributed by atoms with Gasteiger partial charge in [0.1, 0.15) is 17.2 Å². The van der Waals surface area contributed by atoms with E-state index >= 15 is 0 Å². The number of imidazole rings is 1. The maximum Gasteiger partial charge on any atom is 0.271 e. The highest BCUT2D eigenvalue weighted by molar-refractivity contribution is 5.94. The van der Waals surface area contributed by atoms with E-state index in [0.717, 1.165) is 50.0 Å². The standard InChI is InChI=1S/C20H28N6O2/c1-13(9-21-19(27)16-12-26-8-4-3-5-17(26)24-16)10-22-20(28)18-15(14-6-7-14)11-23-25(18)2/h11-14H,3-10H2,1-2H3,(H,21,27)(H,22,28). The van der Waals surface area contributed by atoms with E-state index in [9.17, 15) is 9.59 Å². The minimum Gasteiger partial charge on any atom is -0.350 e. The van der Waals surface area contributed by atoms with Gasteiger partial charge in [0, 0.05) is 44.9 Å². The first-order chi connectivity index (χ1) is 13.5. The van der Waals surface area contributed by atoms with E-state index in [1.54, 1.807) is 17.9 Å². The highest BCUT2D eigenvalue weighted by atomic mass is 16.2. The van der Waals surface area contributed by atoms with Crippen LogP contribution in [-0.4, -0.2) is 44.2 Å². The predicted octanol–water partition coefficient (Wildman–Crippen LogP) is 1.63. The number of nitrogens with zero attached hydrogens (tertiary/aromatic N) is 4. The number of nitrogens with one attached hydrogen (secondary N) is 2. The smallest absolute Gasteiger partial charge is 0.271 e. The molecule has 1 aliphatic carbocycles. The van der Waals surface area contributed by atoms with Crippen LogP contribution >= 0.6 is 0 Å². The second-order valence-corrected chi connectivity index (χ2v) is 8.06. The second-order valence-electron chi connectivity index (χ2n) is 8.06. The monoisotopic (exact) mass is 384 g/mol. The predicted molar refractivity (Wildman–Crippen MR) is 104 cm³/mol. The van der Waals surface area contributed by atoms with Crippen LogP contribution in [0.1, 0.15) is 70.9 Å². The van der Waals surface area contributed by atoms with E-state index in [-0.39, 0.29) is 17.7 Å². The van der Waals surface area contributed by atoms with Crippen LogP contribution in [-0.2, 0) is 20.0 Å². The topological polar surface area (TPSA) is 93.8 Å². The first-order valence-electron chi connectivity index (χ1n) is 10.2. The van der Waals surface area contributed by atoms with Gasteiger partial charge in [0.15, 0.2) is 0 Å². The number of carbonyl (C=O) groups is 2. The van der Waals surface area contributed by atoms with Crippen LogP contribution in [0.4, 0.5) is 0 Å². The van der Waals surface area contributed by atoms with Gasteiger partial charge in [-0.2, -0.15) is 5.10 Å². The Hall–Kier alpha value is -2.64. The average molecular weight is 384 g/mol. The van der Waals surface area contributed by atoms with E-state index in [4.69, 9.17) is 0 Å². The average Bonchev–Trinajstić information content (AvgIpc) is 3.32. The first kappa shape index (κ1) is 18.7. The normalized spacial score (nSPS) is 17.1. The minimum absolute atomic E-state index is 0.0955. The first-order valence-corrected chi connectivity index (χ1v) is 10.2. The van der Waals surface area contributed by atoms with Crippen LogP contribution in [0.15, 0.2) is 12.4 Å². The Morgan fingerprint density at radius 3 is 2.68 bits per heavy atom. The second kappa shape index (κ2) is 7.77. The van der Waals surface area contributed by atoms with E-state index in [0.29, 0.717) is 30.4 Å². The number of rotatable bonds is 7. The molecule has 0 bridgehead atoms. The molecule has 1 atom stereocenters. The molecule has 2 aliphatic rings. The van der Waals surface area contributed by atoms with Gasteiger partial charge in [-0.3, -0.25) is 14.3 Å². The van der Waals surface area contributed by atoms with Crippen molar-refractivity contribution in [2.75, 3.05) is 13.1 Å². The third-order valence-electron chi connectivity index (χ3n) is 5.56. The maximum atomic E-state index is 12.6. The van der Waals surface area contributed by atoms with Crippen LogP contribution in [0.2, 0.25) is 0 Å². The fourth-order valence-electron chi connectivity index (χ4n) is 3.73. The Bertz CT molecular complexity index is 856. The molecular formula is C20H28N6O2. The summed E-state index contributed by atoms with van der Waals surface area (Å²) in [4.78, 5) is 29.4. The molecule has 150 valence electrons. The molecule has 1 saturated carbocycles. The summed E-state index contributed by atoms with van der Waals surface area (Å²) in [5.41, 5.74) is 2.18. The summed E-state index contributed by atoms with van der Waals surface area (Å²) in [5.74, 6) is 1.35. The molecule has 4 rings (SSSR count). The molecule has 8 heteroatoms. The van der Waals surface area contributed by atoms with Gasteiger partial charge in [0.05, 0.1) is 6.20 Å².